The summed E-state index contributed by atoms with van der Waals surface area (Å²) in [5.41, 5.74) is 5.15. The van der Waals surface area contributed by atoms with Crippen LogP contribution in [0.1, 0.15) is 5.56 Å². The third-order valence-corrected chi connectivity index (χ3v) is 5.78. The normalized spacial score (nSPS) is 11.0. The number of benzene rings is 3. The Balaban J connectivity index is 1.50. The maximum atomic E-state index is 12.3. The number of nitrogens with one attached hydrogen (secondary N) is 1. The number of thioether (sulfide) groups is 1. The van der Waals surface area contributed by atoms with Crippen LogP contribution < -0.4 is 10.2 Å². The third-order valence-electron chi connectivity index (χ3n) is 4.60. The number of carbonyl (C=O) groups is 1. The van der Waals surface area contributed by atoms with E-state index in [1.165, 1.54) is 11.8 Å². The molecule has 1 aromatic heterocycles. The largest absolute Gasteiger partial charge is 0.497 e. The van der Waals surface area contributed by atoms with Crippen molar-refractivity contribution in [3.05, 3.63) is 89.4 Å². The number of halogens is 1. The van der Waals surface area contributed by atoms with Gasteiger partial charge in [0, 0.05) is 16.3 Å². The summed E-state index contributed by atoms with van der Waals surface area (Å²) in [5, 5.41) is 13.9. The van der Waals surface area contributed by atoms with Crippen molar-refractivity contribution < 1.29 is 9.53 Å². The second-order valence-corrected chi connectivity index (χ2v) is 8.22. The molecule has 0 aliphatic carbocycles. The molecule has 1 amide bonds. The van der Waals surface area contributed by atoms with Gasteiger partial charge in [-0.25, -0.2) is 5.43 Å². The summed E-state index contributed by atoms with van der Waals surface area (Å²) in [6.45, 7) is 0. The molecule has 0 fully saturated rings. The topological polar surface area (TPSA) is 81.4 Å². The Bertz CT molecular complexity index is 1240. The average molecular weight is 478 g/mol. The average Bonchev–Trinajstić information content (AvgIpc) is 3.28. The van der Waals surface area contributed by atoms with Crippen molar-refractivity contribution in [2.24, 2.45) is 5.10 Å². The van der Waals surface area contributed by atoms with Gasteiger partial charge in [0.1, 0.15) is 5.75 Å². The van der Waals surface area contributed by atoms with E-state index < -0.39 is 0 Å². The molecular weight excluding hydrogens is 458 g/mol. The molecule has 4 aromatic rings. The minimum atomic E-state index is -0.254. The number of hydrazone groups is 1. The van der Waals surface area contributed by atoms with Crippen LogP contribution in [0.5, 0.6) is 5.75 Å². The molecule has 166 valence electrons. The van der Waals surface area contributed by atoms with E-state index in [1.807, 2.05) is 71.3 Å². The monoisotopic (exact) mass is 477 g/mol. The molecule has 0 spiro atoms. The molecule has 1 heterocycles. The lowest BCUT2D eigenvalue weighted by Crippen LogP contribution is -2.20. The highest BCUT2D eigenvalue weighted by atomic mass is 35.5. The lowest BCUT2D eigenvalue weighted by atomic mass is 10.2. The van der Waals surface area contributed by atoms with Gasteiger partial charge in [-0.15, -0.1) is 10.2 Å². The third kappa shape index (κ3) is 5.79. The summed E-state index contributed by atoms with van der Waals surface area (Å²) in [5.74, 6) is 1.31. The fourth-order valence-electron chi connectivity index (χ4n) is 2.99. The maximum absolute atomic E-state index is 12.3. The second kappa shape index (κ2) is 10.8. The van der Waals surface area contributed by atoms with E-state index in [2.05, 4.69) is 20.7 Å². The summed E-state index contributed by atoms with van der Waals surface area (Å²) in [4.78, 5) is 12.3. The molecule has 0 saturated heterocycles. The molecule has 0 saturated carbocycles. The number of hydrogen-bond donors (Lipinski definition) is 1. The Hall–Kier alpha value is -3.62. The van der Waals surface area contributed by atoms with Gasteiger partial charge in [0.25, 0.3) is 5.91 Å². The first-order chi connectivity index (χ1) is 16.1. The van der Waals surface area contributed by atoms with Gasteiger partial charge in [-0.2, -0.15) is 5.10 Å². The fourth-order valence-corrected chi connectivity index (χ4v) is 3.86. The summed E-state index contributed by atoms with van der Waals surface area (Å²) < 4.78 is 7.19. The van der Waals surface area contributed by atoms with Gasteiger partial charge in [-0.05, 0) is 42.0 Å². The number of aromatic nitrogens is 3. The smallest absolute Gasteiger partial charge is 0.250 e. The van der Waals surface area contributed by atoms with Gasteiger partial charge >= 0.3 is 0 Å². The number of methoxy groups -OCH3 is 1. The van der Waals surface area contributed by atoms with Crippen molar-refractivity contribution in [1.29, 1.82) is 0 Å². The number of carbonyl (C=O) groups excluding carboxylic acids is 1. The van der Waals surface area contributed by atoms with Crippen molar-refractivity contribution in [1.82, 2.24) is 20.2 Å². The molecule has 0 atom stereocenters. The highest BCUT2D eigenvalue weighted by Crippen LogP contribution is 2.28. The minimum absolute atomic E-state index is 0.126. The molecule has 4 rings (SSSR count). The molecule has 0 unspecified atom stereocenters. The summed E-state index contributed by atoms with van der Waals surface area (Å²) in [6, 6.07) is 24.5. The highest BCUT2D eigenvalue weighted by Gasteiger charge is 2.17. The van der Waals surface area contributed by atoms with Crippen molar-refractivity contribution >= 4 is 35.5 Å². The van der Waals surface area contributed by atoms with Gasteiger partial charge in [0.2, 0.25) is 0 Å². The maximum Gasteiger partial charge on any atom is 0.250 e. The molecule has 9 heteroatoms. The van der Waals surface area contributed by atoms with Crippen LogP contribution in [0, 0.1) is 0 Å². The van der Waals surface area contributed by atoms with Crippen LogP contribution in [0.3, 0.4) is 0 Å². The zero-order valence-corrected chi connectivity index (χ0v) is 19.3. The van der Waals surface area contributed by atoms with Crippen LogP contribution >= 0.6 is 23.4 Å². The first-order valence-electron chi connectivity index (χ1n) is 9.99. The fraction of sp³-hybridized carbons (Fsp3) is 0.0833. The van der Waals surface area contributed by atoms with Crippen molar-refractivity contribution in [3.63, 3.8) is 0 Å². The van der Waals surface area contributed by atoms with E-state index in [-0.39, 0.29) is 11.7 Å². The molecule has 0 radical (unpaired) electrons. The predicted molar refractivity (Wildman–Crippen MR) is 131 cm³/mol. The number of ether oxygens (including phenoxy) is 1. The molecule has 7 nitrogen and oxygen atoms in total. The number of rotatable bonds is 8. The van der Waals surface area contributed by atoms with Crippen molar-refractivity contribution in [2.75, 3.05) is 12.9 Å². The van der Waals surface area contributed by atoms with E-state index in [9.17, 15) is 4.79 Å². The SMILES string of the molecule is COc1ccc(-n2c(SCC(=O)N/N=C/c3ccc(Cl)cc3)nnc2-c2ccccc2)cc1. The Morgan fingerprint density at radius 3 is 2.48 bits per heavy atom. The lowest BCUT2D eigenvalue weighted by molar-refractivity contribution is -0.118. The van der Waals surface area contributed by atoms with Gasteiger partial charge in [-0.3, -0.25) is 9.36 Å². The summed E-state index contributed by atoms with van der Waals surface area (Å²) in [6.07, 6.45) is 1.56. The van der Waals surface area contributed by atoms with Crippen molar-refractivity contribution in [3.8, 4) is 22.8 Å². The molecule has 33 heavy (non-hydrogen) atoms. The van der Waals surface area contributed by atoms with E-state index in [0.29, 0.717) is 16.0 Å². The quantitative estimate of drug-likeness (QED) is 0.223. The molecule has 0 aliphatic heterocycles. The Morgan fingerprint density at radius 2 is 1.79 bits per heavy atom. The van der Waals surface area contributed by atoms with Crippen LogP contribution in [0.25, 0.3) is 17.1 Å². The number of hydrogen-bond acceptors (Lipinski definition) is 6. The molecule has 3 aromatic carbocycles. The van der Waals surface area contributed by atoms with Crippen LogP contribution in [0.4, 0.5) is 0 Å². The first-order valence-corrected chi connectivity index (χ1v) is 11.4. The predicted octanol–water partition coefficient (Wildman–Crippen LogP) is 4.84. The second-order valence-electron chi connectivity index (χ2n) is 6.84. The molecular formula is C24H20ClN5O2S. The van der Waals surface area contributed by atoms with E-state index in [1.54, 1.807) is 25.5 Å². The van der Waals surface area contributed by atoms with Gasteiger partial charge in [0.05, 0.1) is 19.1 Å². The van der Waals surface area contributed by atoms with Gasteiger partial charge in [-0.1, -0.05) is 65.8 Å². The van der Waals surface area contributed by atoms with E-state index in [0.717, 1.165) is 22.6 Å². The van der Waals surface area contributed by atoms with Crippen molar-refractivity contribution in [2.45, 2.75) is 5.16 Å². The van der Waals surface area contributed by atoms with Crippen LogP contribution in [-0.2, 0) is 4.79 Å². The summed E-state index contributed by atoms with van der Waals surface area (Å²) in [7, 11) is 1.62. The van der Waals surface area contributed by atoms with Crippen LogP contribution in [0.15, 0.2) is 89.1 Å². The van der Waals surface area contributed by atoms with E-state index >= 15 is 0 Å². The van der Waals surface area contributed by atoms with Gasteiger partial charge in [0.15, 0.2) is 11.0 Å². The Kier molecular flexibility index (Phi) is 7.39. The Morgan fingerprint density at radius 1 is 1.06 bits per heavy atom. The lowest BCUT2D eigenvalue weighted by Gasteiger charge is -2.11. The number of nitrogens with zero attached hydrogens (tertiary/aromatic N) is 4. The Labute approximate surface area is 200 Å². The highest BCUT2D eigenvalue weighted by molar-refractivity contribution is 7.99. The first kappa shape index (κ1) is 22.6. The minimum Gasteiger partial charge on any atom is -0.497 e. The number of amides is 1. The standard InChI is InChI=1S/C24H20ClN5O2S/c1-32-21-13-11-20(12-14-21)30-23(18-5-3-2-4-6-18)28-29-24(30)33-16-22(31)27-26-15-17-7-9-19(25)10-8-17/h2-15H,16H2,1H3,(H,27,31)/b26-15+. The molecule has 1 N–H and O–H groups in total. The zero-order valence-electron chi connectivity index (χ0n) is 17.7. The zero-order chi connectivity index (χ0) is 23.0. The molecule has 0 bridgehead atoms. The van der Waals surface area contributed by atoms with Crippen LogP contribution in [0.2, 0.25) is 5.02 Å². The van der Waals surface area contributed by atoms with Gasteiger partial charge < -0.3 is 4.74 Å². The van der Waals surface area contributed by atoms with Crippen LogP contribution in [-0.4, -0.2) is 39.7 Å². The van der Waals surface area contributed by atoms with E-state index in [4.69, 9.17) is 16.3 Å². The molecule has 0 aliphatic rings. The summed E-state index contributed by atoms with van der Waals surface area (Å²) >= 11 is 7.15.